The molecule has 5 nitrogen and oxygen atoms in total. The summed E-state index contributed by atoms with van der Waals surface area (Å²) in [4.78, 5) is 9.18. The van der Waals surface area contributed by atoms with E-state index >= 15 is 0 Å². The molecule has 0 aliphatic heterocycles. The first-order valence-electron chi connectivity index (χ1n) is 9.11. The average molecular weight is 319 g/mol. The molecule has 23 heavy (non-hydrogen) atoms. The zero-order valence-electron chi connectivity index (χ0n) is 15.2. The molecule has 2 rings (SSSR count). The van der Waals surface area contributed by atoms with Gasteiger partial charge < -0.3 is 15.2 Å². The Hall–Kier alpha value is -1.52. The molecule has 0 unspecified atom stereocenters. The highest BCUT2D eigenvalue weighted by molar-refractivity contribution is 5.79. The number of rotatable bonds is 8. The van der Waals surface area contributed by atoms with E-state index in [0.29, 0.717) is 17.9 Å². The largest absolute Gasteiger partial charge is 0.357 e. The van der Waals surface area contributed by atoms with Gasteiger partial charge in [-0.15, -0.1) is 0 Å². The molecule has 1 aliphatic carbocycles. The predicted molar refractivity (Wildman–Crippen MR) is 96.5 cm³/mol. The van der Waals surface area contributed by atoms with Crippen LogP contribution in [-0.2, 0) is 13.1 Å². The molecule has 5 heteroatoms. The van der Waals surface area contributed by atoms with Crippen LogP contribution in [0.3, 0.4) is 0 Å². The molecule has 130 valence electrons. The summed E-state index contributed by atoms with van der Waals surface area (Å²) in [5.41, 5.74) is 0.492. The smallest absolute Gasteiger partial charge is 0.191 e. The SMILES string of the molecule is CCNC(=NCc1nccn1CC(C)C)NCC1(CC)CCC1. The topological polar surface area (TPSA) is 54.2 Å². The number of imidazole rings is 1. The van der Waals surface area contributed by atoms with Crippen LogP contribution in [0.5, 0.6) is 0 Å². The summed E-state index contributed by atoms with van der Waals surface area (Å²) in [5, 5.41) is 6.89. The number of nitrogens with zero attached hydrogens (tertiary/aromatic N) is 3. The number of guanidine groups is 1. The van der Waals surface area contributed by atoms with Gasteiger partial charge in [0, 0.05) is 32.0 Å². The standard InChI is InChI=1S/C18H33N5/c1-5-18(8-7-9-18)14-22-17(19-6-2)21-12-16-20-10-11-23(16)13-15(3)4/h10-11,15H,5-9,12-14H2,1-4H3,(H2,19,21,22). The molecule has 0 atom stereocenters. The summed E-state index contributed by atoms with van der Waals surface area (Å²) in [7, 11) is 0. The predicted octanol–water partition coefficient (Wildman–Crippen LogP) is 3.17. The van der Waals surface area contributed by atoms with Crippen molar-refractivity contribution in [1.29, 1.82) is 0 Å². The van der Waals surface area contributed by atoms with E-state index in [-0.39, 0.29) is 0 Å². The van der Waals surface area contributed by atoms with E-state index in [1.54, 1.807) is 0 Å². The molecule has 1 aliphatic rings. The van der Waals surface area contributed by atoms with Crippen molar-refractivity contribution in [1.82, 2.24) is 20.2 Å². The van der Waals surface area contributed by atoms with Gasteiger partial charge >= 0.3 is 0 Å². The molecule has 1 aromatic rings. The summed E-state index contributed by atoms with van der Waals surface area (Å²) in [6.45, 7) is 12.4. The van der Waals surface area contributed by atoms with Crippen LogP contribution in [0.15, 0.2) is 17.4 Å². The van der Waals surface area contributed by atoms with Gasteiger partial charge in [0.05, 0.1) is 0 Å². The minimum absolute atomic E-state index is 0.492. The molecule has 0 amide bonds. The molecule has 1 heterocycles. The van der Waals surface area contributed by atoms with E-state index in [2.05, 4.69) is 47.9 Å². The minimum atomic E-state index is 0.492. The lowest BCUT2D eigenvalue weighted by Crippen LogP contribution is -2.46. The summed E-state index contributed by atoms with van der Waals surface area (Å²) >= 11 is 0. The van der Waals surface area contributed by atoms with Crippen LogP contribution in [0, 0.1) is 11.3 Å². The van der Waals surface area contributed by atoms with E-state index < -0.39 is 0 Å². The number of aliphatic imine (C=N–C) groups is 1. The van der Waals surface area contributed by atoms with Crippen LogP contribution in [0.2, 0.25) is 0 Å². The van der Waals surface area contributed by atoms with E-state index in [1.807, 2.05) is 12.4 Å². The molecule has 0 bridgehead atoms. The third-order valence-corrected chi connectivity index (χ3v) is 4.88. The molecule has 1 aromatic heterocycles. The number of aromatic nitrogens is 2. The first-order chi connectivity index (χ1) is 11.1. The lowest BCUT2D eigenvalue weighted by atomic mass is 9.67. The molecule has 0 spiro atoms. The Labute approximate surface area is 141 Å². The van der Waals surface area contributed by atoms with Crippen LogP contribution < -0.4 is 10.6 Å². The van der Waals surface area contributed by atoms with Crippen molar-refractivity contribution in [2.75, 3.05) is 13.1 Å². The fourth-order valence-electron chi connectivity index (χ4n) is 3.15. The molecule has 1 fully saturated rings. The van der Waals surface area contributed by atoms with Crippen molar-refractivity contribution in [3.63, 3.8) is 0 Å². The summed E-state index contributed by atoms with van der Waals surface area (Å²) in [6.07, 6.45) is 9.22. The molecule has 1 saturated carbocycles. The minimum Gasteiger partial charge on any atom is -0.357 e. The number of hydrogen-bond acceptors (Lipinski definition) is 2. The van der Waals surface area contributed by atoms with E-state index in [0.717, 1.165) is 31.4 Å². The van der Waals surface area contributed by atoms with Gasteiger partial charge in [-0.2, -0.15) is 0 Å². The molecular formula is C18H33N5. The molecule has 2 N–H and O–H groups in total. The Bertz CT molecular complexity index is 494. The lowest BCUT2D eigenvalue weighted by Gasteiger charge is -2.41. The van der Waals surface area contributed by atoms with Crippen LogP contribution >= 0.6 is 0 Å². The highest BCUT2D eigenvalue weighted by atomic mass is 15.2. The quantitative estimate of drug-likeness (QED) is 0.571. The Morgan fingerprint density at radius 1 is 1.35 bits per heavy atom. The third kappa shape index (κ3) is 4.98. The number of nitrogens with one attached hydrogen (secondary N) is 2. The zero-order valence-corrected chi connectivity index (χ0v) is 15.2. The first kappa shape index (κ1) is 17.8. The van der Waals surface area contributed by atoms with Crippen molar-refractivity contribution in [3.05, 3.63) is 18.2 Å². The Morgan fingerprint density at radius 3 is 2.70 bits per heavy atom. The van der Waals surface area contributed by atoms with Crippen molar-refractivity contribution in [3.8, 4) is 0 Å². The van der Waals surface area contributed by atoms with Crippen LogP contribution in [0.1, 0.15) is 59.2 Å². The van der Waals surface area contributed by atoms with Crippen molar-refractivity contribution in [2.24, 2.45) is 16.3 Å². The molecule has 0 radical (unpaired) electrons. The third-order valence-electron chi connectivity index (χ3n) is 4.88. The maximum Gasteiger partial charge on any atom is 0.191 e. The monoisotopic (exact) mass is 319 g/mol. The average Bonchev–Trinajstić information content (AvgIpc) is 2.90. The summed E-state index contributed by atoms with van der Waals surface area (Å²) in [5.74, 6) is 2.55. The first-order valence-corrected chi connectivity index (χ1v) is 9.11. The van der Waals surface area contributed by atoms with Crippen molar-refractivity contribution >= 4 is 5.96 Å². The van der Waals surface area contributed by atoms with Gasteiger partial charge in [0.2, 0.25) is 0 Å². The van der Waals surface area contributed by atoms with Gasteiger partial charge in [-0.25, -0.2) is 9.98 Å². The Morgan fingerprint density at radius 2 is 2.13 bits per heavy atom. The Kier molecular flexibility index (Phi) is 6.48. The second-order valence-corrected chi connectivity index (χ2v) is 7.15. The van der Waals surface area contributed by atoms with Gasteiger partial charge in [0.25, 0.3) is 0 Å². The van der Waals surface area contributed by atoms with Crippen molar-refractivity contribution < 1.29 is 0 Å². The van der Waals surface area contributed by atoms with Crippen LogP contribution in [-0.4, -0.2) is 28.6 Å². The molecular weight excluding hydrogens is 286 g/mol. The van der Waals surface area contributed by atoms with E-state index in [1.165, 1.54) is 25.7 Å². The number of hydrogen-bond donors (Lipinski definition) is 2. The van der Waals surface area contributed by atoms with E-state index in [4.69, 9.17) is 4.99 Å². The van der Waals surface area contributed by atoms with Crippen LogP contribution in [0.25, 0.3) is 0 Å². The lowest BCUT2D eigenvalue weighted by molar-refractivity contribution is 0.131. The maximum atomic E-state index is 4.73. The maximum absolute atomic E-state index is 4.73. The van der Waals surface area contributed by atoms with Gasteiger partial charge in [0.15, 0.2) is 5.96 Å². The normalized spacial score (nSPS) is 17.2. The van der Waals surface area contributed by atoms with Gasteiger partial charge in [-0.05, 0) is 37.5 Å². The van der Waals surface area contributed by atoms with Gasteiger partial charge in [-0.1, -0.05) is 27.2 Å². The van der Waals surface area contributed by atoms with E-state index in [9.17, 15) is 0 Å². The second kappa shape index (κ2) is 8.37. The van der Waals surface area contributed by atoms with Crippen LogP contribution in [0.4, 0.5) is 0 Å². The van der Waals surface area contributed by atoms with Gasteiger partial charge in [0.1, 0.15) is 12.4 Å². The fourth-order valence-corrected chi connectivity index (χ4v) is 3.15. The fraction of sp³-hybridized carbons (Fsp3) is 0.778. The zero-order chi connectivity index (χ0) is 16.7. The second-order valence-electron chi connectivity index (χ2n) is 7.15. The summed E-state index contributed by atoms with van der Waals surface area (Å²) in [6, 6.07) is 0. The highest BCUT2D eigenvalue weighted by Crippen LogP contribution is 2.42. The van der Waals surface area contributed by atoms with Gasteiger partial charge in [-0.3, -0.25) is 0 Å². The Balaban J connectivity index is 1.94. The highest BCUT2D eigenvalue weighted by Gasteiger charge is 2.34. The summed E-state index contributed by atoms with van der Waals surface area (Å²) < 4.78 is 2.21. The molecule has 0 aromatic carbocycles. The molecule has 0 saturated heterocycles. The van der Waals surface area contributed by atoms with Crippen molar-refractivity contribution in [2.45, 2.75) is 66.5 Å².